The van der Waals surface area contributed by atoms with Gasteiger partial charge in [0.2, 0.25) is 0 Å². The molecule has 0 unspecified atom stereocenters. The Kier molecular flexibility index (Phi) is 5.83. The molecule has 1 aliphatic carbocycles. The maximum atomic E-state index is 12.3. The van der Waals surface area contributed by atoms with Gasteiger partial charge in [-0.25, -0.2) is 0 Å². The first-order valence-corrected chi connectivity index (χ1v) is 7.15. The Hall–Kier alpha value is -1.06. The van der Waals surface area contributed by atoms with Crippen molar-refractivity contribution < 1.29 is 19.1 Å². The van der Waals surface area contributed by atoms with E-state index in [2.05, 4.69) is 13.8 Å². The van der Waals surface area contributed by atoms with Crippen molar-refractivity contribution in [3.8, 4) is 0 Å². The molecule has 19 heavy (non-hydrogen) atoms. The Balaban J connectivity index is 3.07. The molecule has 4 heteroatoms. The van der Waals surface area contributed by atoms with Crippen molar-refractivity contribution in [2.75, 3.05) is 14.2 Å². The van der Waals surface area contributed by atoms with E-state index in [9.17, 15) is 9.59 Å². The molecule has 1 aliphatic rings. The van der Waals surface area contributed by atoms with Crippen LogP contribution in [0.1, 0.15) is 52.4 Å². The standard InChI is InChI=1S/C15H26O4/c1-11(2)9-10-15(13(16)18-3,14(17)19-4)12-7-5-6-8-12/h11-12H,5-10H2,1-4H3. The summed E-state index contributed by atoms with van der Waals surface area (Å²) < 4.78 is 9.89. The number of carbonyl (C=O) groups excluding carboxylic acids is 2. The number of rotatable bonds is 6. The largest absolute Gasteiger partial charge is 0.468 e. The summed E-state index contributed by atoms with van der Waals surface area (Å²) in [4.78, 5) is 24.6. The van der Waals surface area contributed by atoms with Crippen LogP contribution in [0.15, 0.2) is 0 Å². The number of hydrogen-bond donors (Lipinski definition) is 0. The zero-order valence-corrected chi connectivity index (χ0v) is 12.5. The molecule has 0 radical (unpaired) electrons. The lowest BCUT2D eigenvalue weighted by Crippen LogP contribution is -2.46. The summed E-state index contributed by atoms with van der Waals surface area (Å²) in [6.07, 6.45) is 5.30. The minimum absolute atomic E-state index is 0.0612. The SMILES string of the molecule is COC(=O)C(CCC(C)C)(C(=O)OC)C1CCCC1. The Labute approximate surface area is 115 Å². The molecule has 0 saturated heterocycles. The monoisotopic (exact) mass is 270 g/mol. The lowest BCUT2D eigenvalue weighted by atomic mass is 9.70. The van der Waals surface area contributed by atoms with Gasteiger partial charge in [0.25, 0.3) is 0 Å². The lowest BCUT2D eigenvalue weighted by Gasteiger charge is -2.34. The predicted octanol–water partition coefficient (Wildman–Crippen LogP) is 2.95. The molecule has 0 amide bonds. The fourth-order valence-electron chi connectivity index (χ4n) is 3.12. The van der Waals surface area contributed by atoms with E-state index in [1.807, 2.05) is 0 Å². The van der Waals surface area contributed by atoms with E-state index in [4.69, 9.17) is 9.47 Å². The maximum Gasteiger partial charge on any atom is 0.323 e. The minimum Gasteiger partial charge on any atom is -0.468 e. The summed E-state index contributed by atoms with van der Waals surface area (Å²) in [6, 6.07) is 0. The lowest BCUT2D eigenvalue weighted by molar-refractivity contribution is -0.175. The van der Waals surface area contributed by atoms with Gasteiger partial charge in [-0.05, 0) is 37.5 Å². The molecule has 0 atom stereocenters. The van der Waals surface area contributed by atoms with Crippen LogP contribution in [0.25, 0.3) is 0 Å². The number of ether oxygens (including phenoxy) is 2. The predicted molar refractivity (Wildman–Crippen MR) is 72.5 cm³/mol. The summed E-state index contributed by atoms with van der Waals surface area (Å²) >= 11 is 0. The molecule has 110 valence electrons. The van der Waals surface area contributed by atoms with Gasteiger partial charge in [-0.1, -0.05) is 26.7 Å². The molecule has 1 saturated carbocycles. The molecule has 0 spiro atoms. The van der Waals surface area contributed by atoms with Crippen molar-refractivity contribution >= 4 is 11.9 Å². The van der Waals surface area contributed by atoms with Gasteiger partial charge in [-0.15, -0.1) is 0 Å². The summed E-state index contributed by atoms with van der Waals surface area (Å²) in [6.45, 7) is 4.18. The van der Waals surface area contributed by atoms with Gasteiger partial charge in [0.1, 0.15) is 0 Å². The summed E-state index contributed by atoms with van der Waals surface area (Å²) in [5.74, 6) is -0.347. The molecule has 0 aromatic heterocycles. The highest BCUT2D eigenvalue weighted by atomic mass is 16.5. The van der Waals surface area contributed by atoms with Gasteiger partial charge in [0.15, 0.2) is 5.41 Å². The number of esters is 2. The van der Waals surface area contributed by atoms with Crippen LogP contribution < -0.4 is 0 Å². The molecule has 1 fully saturated rings. The first-order valence-electron chi connectivity index (χ1n) is 7.15. The first-order chi connectivity index (χ1) is 8.98. The third-order valence-corrected chi connectivity index (χ3v) is 4.27. The molecule has 0 aliphatic heterocycles. The summed E-state index contributed by atoms with van der Waals surface area (Å²) in [7, 11) is 2.70. The van der Waals surface area contributed by atoms with E-state index in [0.29, 0.717) is 12.3 Å². The van der Waals surface area contributed by atoms with Crippen molar-refractivity contribution in [2.45, 2.75) is 52.4 Å². The van der Waals surface area contributed by atoms with Crippen molar-refractivity contribution in [1.82, 2.24) is 0 Å². The highest BCUT2D eigenvalue weighted by Gasteiger charge is 2.54. The summed E-state index contributed by atoms with van der Waals surface area (Å²) in [5.41, 5.74) is -1.09. The fraction of sp³-hybridized carbons (Fsp3) is 0.867. The number of hydrogen-bond acceptors (Lipinski definition) is 4. The van der Waals surface area contributed by atoms with Gasteiger partial charge >= 0.3 is 11.9 Å². The fourth-order valence-corrected chi connectivity index (χ4v) is 3.12. The molecule has 0 aromatic carbocycles. The average Bonchev–Trinajstić information content (AvgIpc) is 2.92. The Morgan fingerprint density at radius 2 is 1.58 bits per heavy atom. The topological polar surface area (TPSA) is 52.6 Å². The second kappa shape index (κ2) is 6.92. The van der Waals surface area contributed by atoms with Crippen molar-refractivity contribution in [1.29, 1.82) is 0 Å². The highest BCUT2D eigenvalue weighted by Crippen LogP contribution is 2.45. The molecular weight excluding hydrogens is 244 g/mol. The van der Waals surface area contributed by atoms with E-state index < -0.39 is 17.4 Å². The second-order valence-electron chi connectivity index (χ2n) is 5.87. The normalized spacial score (nSPS) is 16.7. The van der Waals surface area contributed by atoms with Gasteiger partial charge in [0.05, 0.1) is 14.2 Å². The highest BCUT2D eigenvalue weighted by molar-refractivity contribution is 6.00. The van der Waals surface area contributed by atoms with E-state index in [1.165, 1.54) is 14.2 Å². The molecule has 0 bridgehead atoms. The van der Waals surface area contributed by atoms with E-state index in [1.54, 1.807) is 0 Å². The van der Waals surface area contributed by atoms with E-state index in [-0.39, 0.29) is 5.92 Å². The van der Waals surface area contributed by atoms with Gasteiger partial charge < -0.3 is 9.47 Å². The molecule has 4 nitrogen and oxygen atoms in total. The van der Waals surface area contributed by atoms with Gasteiger partial charge in [-0.3, -0.25) is 9.59 Å². The Morgan fingerprint density at radius 3 is 1.95 bits per heavy atom. The van der Waals surface area contributed by atoms with Crippen molar-refractivity contribution in [3.63, 3.8) is 0 Å². The smallest absolute Gasteiger partial charge is 0.323 e. The van der Waals surface area contributed by atoms with Crippen LogP contribution in [0.4, 0.5) is 0 Å². The van der Waals surface area contributed by atoms with Crippen molar-refractivity contribution in [3.05, 3.63) is 0 Å². The van der Waals surface area contributed by atoms with Crippen LogP contribution in [-0.4, -0.2) is 26.2 Å². The van der Waals surface area contributed by atoms with Crippen LogP contribution in [0.3, 0.4) is 0 Å². The third kappa shape index (κ3) is 3.28. The van der Waals surface area contributed by atoms with Crippen molar-refractivity contribution in [2.24, 2.45) is 17.3 Å². The molecule has 1 rings (SSSR count). The maximum absolute atomic E-state index is 12.3. The third-order valence-electron chi connectivity index (χ3n) is 4.27. The summed E-state index contributed by atoms with van der Waals surface area (Å²) in [5, 5.41) is 0. The van der Waals surface area contributed by atoms with E-state index >= 15 is 0 Å². The first kappa shape index (κ1) is 16.0. The quantitative estimate of drug-likeness (QED) is 0.550. The van der Waals surface area contributed by atoms with Crippen LogP contribution in [-0.2, 0) is 19.1 Å². The Bertz CT molecular complexity index is 300. The molecule has 0 N–H and O–H groups in total. The van der Waals surface area contributed by atoms with Crippen LogP contribution in [0, 0.1) is 17.3 Å². The zero-order valence-electron chi connectivity index (χ0n) is 12.5. The number of methoxy groups -OCH3 is 2. The average molecular weight is 270 g/mol. The Morgan fingerprint density at radius 1 is 1.11 bits per heavy atom. The van der Waals surface area contributed by atoms with Crippen LogP contribution >= 0.6 is 0 Å². The minimum atomic E-state index is -1.09. The number of carbonyl (C=O) groups is 2. The van der Waals surface area contributed by atoms with Crippen LogP contribution in [0.5, 0.6) is 0 Å². The van der Waals surface area contributed by atoms with Gasteiger partial charge in [-0.2, -0.15) is 0 Å². The second-order valence-corrected chi connectivity index (χ2v) is 5.87. The zero-order chi connectivity index (χ0) is 14.5. The van der Waals surface area contributed by atoms with Gasteiger partial charge in [0, 0.05) is 0 Å². The van der Waals surface area contributed by atoms with Crippen LogP contribution in [0.2, 0.25) is 0 Å². The molecule has 0 aromatic rings. The molecular formula is C15H26O4. The molecule has 0 heterocycles. The van der Waals surface area contributed by atoms with E-state index in [0.717, 1.165) is 32.1 Å².